The molecule has 0 spiro atoms. The van der Waals surface area contributed by atoms with Crippen LogP contribution in [0, 0.1) is 22.7 Å². The summed E-state index contributed by atoms with van der Waals surface area (Å²) in [6.07, 6.45) is 2.34. The minimum Gasteiger partial charge on any atom is -0.305 e. The third kappa shape index (κ3) is 6.23. The molecular weight excluding hydrogens is 420 g/mol. The molecule has 34 heavy (non-hydrogen) atoms. The molecule has 0 amide bonds. The predicted molar refractivity (Wildman–Crippen MR) is 136 cm³/mol. The summed E-state index contributed by atoms with van der Waals surface area (Å²) in [6.45, 7) is 10.4. The highest BCUT2D eigenvalue weighted by Crippen LogP contribution is 2.29. The second-order valence-electron chi connectivity index (χ2n) is 9.85. The van der Waals surface area contributed by atoms with Crippen LogP contribution in [0.15, 0.2) is 36.4 Å². The maximum atomic E-state index is 9.91. The van der Waals surface area contributed by atoms with Crippen LogP contribution in [-0.4, -0.2) is 86.1 Å². The fraction of sp³-hybridized carbons (Fsp3) is 0.500. The Morgan fingerprint density at radius 2 is 1.06 bits per heavy atom. The average Bonchev–Trinajstić information content (AvgIpc) is 3.18. The zero-order valence-electron chi connectivity index (χ0n) is 20.6. The Morgan fingerprint density at radius 1 is 0.618 bits per heavy atom. The molecule has 2 fully saturated rings. The minimum atomic E-state index is 0.643. The van der Waals surface area contributed by atoms with Gasteiger partial charge in [-0.05, 0) is 76.4 Å². The van der Waals surface area contributed by atoms with Crippen LogP contribution in [0.3, 0.4) is 0 Å². The predicted octanol–water partition coefficient (Wildman–Crippen LogP) is 3.37. The van der Waals surface area contributed by atoms with Gasteiger partial charge in [-0.2, -0.15) is 10.5 Å². The maximum Gasteiger partial charge on any atom is 0.0998 e. The molecule has 178 valence electrons. The van der Waals surface area contributed by atoms with Crippen LogP contribution in [-0.2, 0) is 13.1 Å². The van der Waals surface area contributed by atoms with Crippen molar-refractivity contribution < 1.29 is 0 Å². The summed E-state index contributed by atoms with van der Waals surface area (Å²) in [4.78, 5) is 9.69. The quantitative estimate of drug-likeness (QED) is 0.688. The monoisotopic (exact) mass is 456 g/mol. The van der Waals surface area contributed by atoms with Gasteiger partial charge in [-0.15, -0.1) is 0 Å². The van der Waals surface area contributed by atoms with E-state index in [0.717, 1.165) is 87.7 Å². The van der Waals surface area contributed by atoms with E-state index in [9.17, 15) is 10.5 Å². The van der Waals surface area contributed by atoms with Crippen LogP contribution in [0.5, 0.6) is 0 Å². The maximum absolute atomic E-state index is 9.91. The molecule has 6 heteroatoms. The standard InChI is InChI=1S/C28H36N6/c1-31-9-3-11-33(15-13-31)21-23-5-7-27(25(17-23)19-29)28-8-6-24(18-26(28)20-30)22-34-12-4-10-32(2)14-16-34/h5-8,17-18H,3-4,9-16,21-22H2,1-2H3. The highest BCUT2D eigenvalue weighted by Gasteiger charge is 2.17. The molecule has 2 aromatic rings. The molecule has 2 aliphatic heterocycles. The van der Waals surface area contributed by atoms with E-state index in [2.05, 4.69) is 58.0 Å². The summed E-state index contributed by atoms with van der Waals surface area (Å²) in [5.74, 6) is 0. The van der Waals surface area contributed by atoms with Gasteiger partial charge in [0, 0.05) is 50.4 Å². The van der Waals surface area contributed by atoms with E-state index in [4.69, 9.17) is 0 Å². The van der Waals surface area contributed by atoms with E-state index in [1.165, 1.54) is 12.8 Å². The molecule has 0 aromatic heterocycles. The fourth-order valence-electron chi connectivity index (χ4n) is 5.07. The van der Waals surface area contributed by atoms with Gasteiger partial charge in [0.25, 0.3) is 0 Å². The normalized spacial score (nSPS) is 19.2. The molecule has 6 nitrogen and oxygen atoms in total. The molecule has 0 aliphatic carbocycles. The molecule has 0 N–H and O–H groups in total. The van der Waals surface area contributed by atoms with Gasteiger partial charge in [-0.3, -0.25) is 9.80 Å². The highest BCUT2D eigenvalue weighted by atomic mass is 15.2. The first kappa shape index (κ1) is 24.4. The molecule has 0 atom stereocenters. The van der Waals surface area contributed by atoms with Crippen LogP contribution in [0.25, 0.3) is 11.1 Å². The van der Waals surface area contributed by atoms with E-state index in [-0.39, 0.29) is 0 Å². The fourth-order valence-corrected chi connectivity index (χ4v) is 5.07. The van der Waals surface area contributed by atoms with Gasteiger partial charge >= 0.3 is 0 Å². The zero-order chi connectivity index (χ0) is 23.9. The lowest BCUT2D eigenvalue weighted by atomic mass is 9.93. The molecule has 2 aromatic carbocycles. The number of hydrogen-bond acceptors (Lipinski definition) is 6. The van der Waals surface area contributed by atoms with Crippen LogP contribution in [0.4, 0.5) is 0 Å². The second kappa shape index (κ2) is 11.6. The first-order valence-corrected chi connectivity index (χ1v) is 12.4. The number of nitrogens with zero attached hydrogens (tertiary/aromatic N) is 6. The summed E-state index contributed by atoms with van der Waals surface area (Å²) >= 11 is 0. The van der Waals surface area contributed by atoms with Crippen LogP contribution >= 0.6 is 0 Å². The first-order valence-electron chi connectivity index (χ1n) is 12.4. The van der Waals surface area contributed by atoms with Crippen LogP contribution in [0.2, 0.25) is 0 Å². The van der Waals surface area contributed by atoms with Crippen molar-refractivity contribution >= 4 is 0 Å². The smallest absolute Gasteiger partial charge is 0.0998 e. The lowest BCUT2D eigenvalue weighted by molar-refractivity contribution is 0.269. The molecule has 0 radical (unpaired) electrons. The van der Waals surface area contributed by atoms with Gasteiger partial charge < -0.3 is 9.80 Å². The lowest BCUT2D eigenvalue weighted by Gasteiger charge is -2.21. The molecule has 4 rings (SSSR count). The second-order valence-corrected chi connectivity index (χ2v) is 9.85. The Hall–Kier alpha value is -2.74. The molecule has 2 aliphatic rings. The number of likely N-dealkylation sites (N-methyl/N-ethyl adjacent to an activating group) is 2. The Labute approximate surface area is 204 Å². The summed E-state index contributed by atoms with van der Waals surface area (Å²) in [6, 6.07) is 17.1. The van der Waals surface area contributed by atoms with Crippen LogP contribution in [0.1, 0.15) is 35.1 Å². The topological polar surface area (TPSA) is 60.5 Å². The third-order valence-corrected chi connectivity index (χ3v) is 7.14. The molecule has 2 saturated heterocycles. The van der Waals surface area contributed by atoms with Gasteiger partial charge in [-0.1, -0.05) is 24.3 Å². The van der Waals surface area contributed by atoms with Crippen molar-refractivity contribution in [2.75, 3.05) is 66.5 Å². The van der Waals surface area contributed by atoms with Gasteiger partial charge in [-0.25, -0.2) is 0 Å². The van der Waals surface area contributed by atoms with Crippen molar-refractivity contribution in [2.24, 2.45) is 0 Å². The van der Waals surface area contributed by atoms with Crippen molar-refractivity contribution in [3.8, 4) is 23.3 Å². The highest BCUT2D eigenvalue weighted by molar-refractivity contribution is 5.76. The van der Waals surface area contributed by atoms with E-state index in [1.807, 2.05) is 24.3 Å². The Morgan fingerprint density at radius 3 is 1.47 bits per heavy atom. The zero-order valence-corrected chi connectivity index (χ0v) is 20.6. The summed E-state index contributed by atoms with van der Waals surface area (Å²) < 4.78 is 0. The molecule has 0 bridgehead atoms. The van der Waals surface area contributed by atoms with Gasteiger partial charge in [0.05, 0.1) is 23.3 Å². The third-order valence-electron chi connectivity index (χ3n) is 7.14. The summed E-state index contributed by atoms with van der Waals surface area (Å²) in [5.41, 5.74) is 5.30. The average molecular weight is 457 g/mol. The molecule has 2 heterocycles. The van der Waals surface area contributed by atoms with Crippen molar-refractivity contribution in [3.05, 3.63) is 58.7 Å². The Kier molecular flexibility index (Phi) is 8.32. The van der Waals surface area contributed by atoms with Crippen molar-refractivity contribution in [3.63, 3.8) is 0 Å². The van der Waals surface area contributed by atoms with Crippen LogP contribution < -0.4 is 0 Å². The largest absolute Gasteiger partial charge is 0.305 e. The number of benzene rings is 2. The lowest BCUT2D eigenvalue weighted by Crippen LogP contribution is -2.28. The minimum absolute atomic E-state index is 0.643. The van der Waals surface area contributed by atoms with Crippen molar-refractivity contribution in [2.45, 2.75) is 25.9 Å². The molecule has 0 unspecified atom stereocenters. The summed E-state index contributed by atoms with van der Waals surface area (Å²) in [5, 5.41) is 19.8. The summed E-state index contributed by atoms with van der Waals surface area (Å²) in [7, 11) is 4.35. The van der Waals surface area contributed by atoms with Crippen molar-refractivity contribution in [1.29, 1.82) is 10.5 Å². The Balaban J connectivity index is 1.51. The number of nitriles is 2. The van der Waals surface area contributed by atoms with E-state index < -0.39 is 0 Å². The van der Waals surface area contributed by atoms with Gasteiger partial charge in [0.2, 0.25) is 0 Å². The van der Waals surface area contributed by atoms with E-state index >= 15 is 0 Å². The number of rotatable bonds is 5. The van der Waals surface area contributed by atoms with Gasteiger partial charge in [0.15, 0.2) is 0 Å². The van der Waals surface area contributed by atoms with E-state index in [1.54, 1.807) is 0 Å². The number of hydrogen-bond donors (Lipinski definition) is 0. The Bertz CT molecular complexity index is 980. The molecule has 0 saturated carbocycles. The van der Waals surface area contributed by atoms with E-state index in [0.29, 0.717) is 11.1 Å². The SMILES string of the molecule is CN1CCCN(Cc2ccc(-c3ccc(CN4CCCN(C)CC4)cc3C#N)c(C#N)c2)CC1. The molecular formula is C28H36N6. The van der Waals surface area contributed by atoms with Gasteiger partial charge in [0.1, 0.15) is 0 Å². The van der Waals surface area contributed by atoms with Crippen molar-refractivity contribution in [1.82, 2.24) is 19.6 Å². The first-order chi connectivity index (χ1) is 16.6.